The Morgan fingerprint density at radius 1 is 1.21 bits per heavy atom. The van der Waals surface area contributed by atoms with Crippen LogP contribution in [-0.4, -0.2) is 56.9 Å². The summed E-state index contributed by atoms with van der Waals surface area (Å²) >= 11 is 1.59. The van der Waals surface area contributed by atoms with Gasteiger partial charge in [-0.2, -0.15) is 0 Å². The summed E-state index contributed by atoms with van der Waals surface area (Å²) in [4.78, 5) is 29.5. The van der Waals surface area contributed by atoms with Crippen molar-refractivity contribution in [1.82, 2.24) is 14.4 Å². The summed E-state index contributed by atoms with van der Waals surface area (Å²) in [6.07, 6.45) is 0. The standard InChI is InChI=1S/C21H26FN3O2S/c1-13(2)23(5)21(27)19-11-28-12-24(19)20(26)18-10-14(3)25(15(18)4)17-8-6-16(22)7-9-17/h6-10,13,19H,11-12H2,1-5H3. The van der Waals surface area contributed by atoms with E-state index in [-0.39, 0.29) is 23.7 Å². The topological polar surface area (TPSA) is 45.6 Å². The minimum absolute atomic E-state index is 0.0271. The monoisotopic (exact) mass is 403 g/mol. The van der Waals surface area contributed by atoms with E-state index in [9.17, 15) is 14.0 Å². The first-order valence-electron chi connectivity index (χ1n) is 9.32. The van der Waals surface area contributed by atoms with E-state index in [0.29, 0.717) is 17.2 Å². The molecule has 0 N–H and O–H groups in total. The molecule has 1 aromatic heterocycles. The second-order valence-corrected chi connectivity index (χ2v) is 8.43. The van der Waals surface area contributed by atoms with Crippen molar-refractivity contribution in [2.45, 2.75) is 39.8 Å². The lowest BCUT2D eigenvalue weighted by Crippen LogP contribution is -2.49. The maximum Gasteiger partial charge on any atom is 0.257 e. The molecule has 1 aliphatic heterocycles. The van der Waals surface area contributed by atoms with Crippen LogP contribution in [0.1, 0.15) is 35.6 Å². The number of benzene rings is 1. The number of hydrogen-bond acceptors (Lipinski definition) is 3. The zero-order valence-electron chi connectivity index (χ0n) is 16.9. The van der Waals surface area contributed by atoms with Crippen molar-refractivity contribution < 1.29 is 14.0 Å². The molecule has 7 heteroatoms. The fourth-order valence-corrected chi connectivity index (χ4v) is 4.60. The van der Waals surface area contributed by atoms with Gasteiger partial charge >= 0.3 is 0 Å². The van der Waals surface area contributed by atoms with Gasteiger partial charge in [-0.05, 0) is 58.0 Å². The van der Waals surface area contributed by atoms with Crippen molar-refractivity contribution in [1.29, 1.82) is 0 Å². The molecule has 1 saturated heterocycles. The Balaban J connectivity index is 1.91. The number of amides is 2. The third-order valence-corrected chi connectivity index (χ3v) is 6.31. The molecule has 1 aliphatic rings. The Morgan fingerprint density at radius 3 is 2.46 bits per heavy atom. The van der Waals surface area contributed by atoms with Crippen molar-refractivity contribution in [2.24, 2.45) is 0 Å². The summed E-state index contributed by atoms with van der Waals surface area (Å²) in [6, 6.07) is 7.68. The van der Waals surface area contributed by atoms with Gasteiger partial charge in [-0.3, -0.25) is 9.59 Å². The predicted octanol–water partition coefficient (Wildman–Crippen LogP) is 3.62. The van der Waals surface area contributed by atoms with Gasteiger partial charge in [0.25, 0.3) is 5.91 Å². The Kier molecular flexibility index (Phi) is 5.84. The van der Waals surface area contributed by atoms with Crippen molar-refractivity contribution in [3.05, 3.63) is 53.1 Å². The number of nitrogens with zero attached hydrogens (tertiary/aromatic N) is 3. The van der Waals surface area contributed by atoms with Gasteiger partial charge in [-0.15, -0.1) is 11.8 Å². The molecule has 2 heterocycles. The number of thioether (sulfide) groups is 1. The fraction of sp³-hybridized carbons (Fsp3) is 0.429. The summed E-state index contributed by atoms with van der Waals surface area (Å²) in [5, 5.41) is 0. The maximum absolute atomic E-state index is 13.3. The highest BCUT2D eigenvalue weighted by atomic mass is 32.2. The Bertz CT molecular complexity index is 892. The predicted molar refractivity (Wildman–Crippen MR) is 110 cm³/mol. The Hall–Kier alpha value is -2.28. The van der Waals surface area contributed by atoms with Crippen LogP contribution in [0.25, 0.3) is 5.69 Å². The number of carbonyl (C=O) groups excluding carboxylic acids is 2. The van der Waals surface area contributed by atoms with Gasteiger partial charge < -0.3 is 14.4 Å². The van der Waals surface area contributed by atoms with Crippen molar-refractivity contribution in [2.75, 3.05) is 18.7 Å². The summed E-state index contributed by atoms with van der Waals surface area (Å²) in [5.41, 5.74) is 3.06. The number of halogens is 1. The fourth-order valence-electron chi connectivity index (χ4n) is 3.46. The summed E-state index contributed by atoms with van der Waals surface area (Å²) in [6.45, 7) is 7.72. The quantitative estimate of drug-likeness (QED) is 0.783. The summed E-state index contributed by atoms with van der Waals surface area (Å²) in [7, 11) is 1.78. The average molecular weight is 404 g/mol. The molecule has 0 aliphatic carbocycles. The highest BCUT2D eigenvalue weighted by Crippen LogP contribution is 2.28. The number of carbonyl (C=O) groups is 2. The first-order valence-corrected chi connectivity index (χ1v) is 10.5. The number of aromatic nitrogens is 1. The van der Waals surface area contributed by atoms with Gasteiger partial charge in [0.1, 0.15) is 11.9 Å². The average Bonchev–Trinajstić information content (AvgIpc) is 3.25. The second kappa shape index (κ2) is 7.99. The third-order valence-electron chi connectivity index (χ3n) is 5.30. The summed E-state index contributed by atoms with van der Waals surface area (Å²) in [5.74, 6) is 0.648. The molecular formula is C21H26FN3O2S. The Morgan fingerprint density at radius 2 is 1.86 bits per heavy atom. The lowest BCUT2D eigenvalue weighted by atomic mass is 10.1. The summed E-state index contributed by atoms with van der Waals surface area (Å²) < 4.78 is 15.2. The van der Waals surface area contributed by atoms with Crippen LogP contribution in [0.4, 0.5) is 4.39 Å². The van der Waals surface area contributed by atoms with Crippen LogP contribution < -0.4 is 0 Å². The lowest BCUT2D eigenvalue weighted by Gasteiger charge is -2.29. The van der Waals surface area contributed by atoms with Crippen molar-refractivity contribution >= 4 is 23.6 Å². The first-order chi connectivity index (χ1) is 13.2. The zero-order valence-corrected chi connectivity index (χ0v) is 17.7. The van der Waals surface area contributed by atoms with Crippen LogP contribution in [0.15, 0.2) is 30.3 Å². The molecule has 5 nitrogen and oxygen atoms in total. The largest absolute Gasteiger partial charge is 0.342 e. The van der Waals surface area contributed by atoms with Crippen LogP contribution in [0, 0.1) is 19.7 Å². The van der Waals surface area contributed by atoms with E-state index in [1.54, 1.807) is 40.7 Å². The second-order valence-electron chi connectivity index (χ2n) is 7.43. The number of hydrogen-bond donors (Lipinski definition) is 0. The molecule has 28 heavy (non-hydrogen) atoms. The number of likely N-dealkylation sites (N-methyl/N-ethyl adjacent to an activating group) is 1. The molecule has 150 valence electrons. The minimum Gasteiger partial charge on any atom is -0.342 e. The first kappa shape index (κ1) is 20.5. The van der Waals surface area contributed by atoms with E-state index < -0.39 is 6.04 Å². The van der Waals surface area contributed by atoms with E-state index >= 15 is 0 Å². The molecule has 2 amide bonds. The van der Waals surface area contributed by atoms with Crippen LogP contribution in [-0.2, 0) is 4.79 Å². The lowest BCUT2D eigenvalue weighted by molar-refractivity contribution is -0.135. The minimum atomic E-state index is -0.446. The van der Waals surface area contributed by atoms with E-state index in [2.05, 4.69) is 0 Å². The van der Waals surface area contributed by atoms with Gasteiger partial charge in [0.05, 0.1) is 11.4 Å². The highest BCUT2D eigenvalue weighted by Gasteiger charge is 2.38. The molecule has 0 spiro atoms. The van der Waals surface area contributed by atoms with Crippen LogP contribution in [0.3, 0.4) is 0 Å². The number of aryl methyl sites for hydroxylation is 1. The van der Waals surface area contributed by atoms with Gasteiger partial charge in [0.15, 0.2) is 0 Å². The van der Waals surface area contributed by atoms with Crippen LogP contribution in [0.5, 0.6) is 0 Å². The molecule has 2 aromatic rings. The third kappa shape index (κ3) is 3.68. The van der Waals surface area contributed by atoms with Crippen LogP contribution >= 0.6 is 11.8 Å². The molecule has 1 aromatic carbocycles. The van der Waals surface area contributed by atoms with Crippen molar-refractivity contribution in [3.8, 4) is 5.69 Å². The zero-order chi connectivity index (χ0) is 20.6. The van der Waals surface area contributed by atoms with E-state index in [1.807, 2.05) is 38.3 Å². The number of rotatable bonds is 4. The van der Waals surface area contributed by atoms with Crippen LogP contribution in [0.2, 0.25) is 0 Å². The highest BCUT2D eigenvalue weighted by molar-refractivity contribution is 7.99. The molecule has 1 unspecified atom stereocenters. The molecular weight excluding hydrogens is 377 g/mol. The van der Waals surface area contributed by atoms with Gasteiger partial charge in [0, 0.05) is 35.9 Å². The van der Waals surface area contributed by atoms with Crippen molar-refractivity contribution in [3.63, 3.8) is 0 Å². The van der Waals surface area contributed by atoms with Gasteiger partial charge in [-0.25, -0.2) is 4.39 Å². The normalized spacial score (nSPS) is 16.7. The van der Waals surface area contributed by atoms with E-state index in [4.69, 9.17) is 0 Å². The van der Waals surface area contributed by atoms with E-state index in [0.717, 1.165) is 17.1 Å². The van der Waals surface area contributed by atoms with E-state index in [1.165, 1.54) is 12.1 Å². The molecule has 0 radical (unpaired) electrons. The molecule has 3 rings (SSSR count). The SMILES string of the molecule is Cc1cc(C(=O)N2CSCC2C(=O)N(C)C(C)C)c(C)n1-c1ccc(F)cc1. The maximum atomic E-state index is 13.3. The molecule has 1 atom stereocenters. The van der Waals surface area contributed by atoms with Gasteiger partial charge in [0.2, 0.25) is 5.91 Å². The molecule has 0 saturated carbocycles. The van der Waals surface area contributed by atoms with Gasteiger partial charge in [-0.1, -0.05) is 0 Å². The molecule has 1 fully saturated rings. The molecule has 0 bridgehead atoms. The smallest absolute Gasteiger partial charge is 0.257 e. The Labute approximate surface area is 169 Å².